The van der Waals surface area contributed by atoms with E-state index in [2.05, 4.69) is 26.6 Å². The average Bonchev–Trinajstić information content (AvgIpc) is 2.77. The Labute approximate surface area is 124 Å². The van der Waals surface area contributed by atoms with E-state index in [1.807, 2.05) is 13.0 Å². The quantitative estimate of drug-likeness (QED) is 0.858. The Kier molecular flexibility index (Phi) is 4.95. The summed E-state index contributed by atoms with van der Waals surface area (Å²) in [7, 11) is 0. The van der Waals surface area contributed by atoms with Crippen LogP contribution < -0.4 is 10.6 Å². The fourth-order valence-corrected chi connectivity index (χ4v) is 3.29. The topological polar surface area (TPSA) is 61.4 Å². The van der Waals surface area contributed by atoms with Crippen LogP contribution in [0.3, 0.4) is 0 Å². The Morgan fingerprint density at radius 1 is 1.47 bits per heavy atom. The Bertz CT molecular complexity index is 464. The van der Waals surface area contributed by atoms with Gasteiger partial charge in [-0.1, -0.05) is 0 Å². The minimum absolute atomic E-state index is 0.0257. The highest BCUT2D eigenvalue weighted by molar-refractivity contribution is 9.11. The molecular weight excluding hydrogens is 330 g/mol. The number of nitrogens with zero attached hydrogens (tertiary/aromatic N) is 1. The Balaban J connectivity index is 1.84. The van der Waals surface area contributed by atoms with E-state index in [1.165, 1.54) is 11.3 Å². The van der Waals surface area contributed by atoms with Crippen molar-refractivity contribution in [2.45, 2.75) is 6.92 Å². The van der Waals surface area contributed by atoms with Gasteiger partial charge >= 0.3 is 0 Å². The third-order valence-corrected chi connectivity index (χ3v) is 5.09. The van der Waals surface area contributed by atoms with Gasteiger partial charge in [0.15, 0.2) is 0 Å². The van der Waals surface area contributed by atoms with Crippen molar-refractivity contribution in [3.05, 3.63) is 20.3 Å². The van der Waals surface area contributed by atoms with E-state index in [9.17, 15) is 9.59 Å². The fraction of sp³-hybridized carbons (Fsp3) is 0.500. The van der Waals surface area contributed by atoms with Crippen LogP contribution in [0, 0.1) is 6.92 Å². The first-order valence-corrected chi connectivity index (χ1v) is 7.71. The molecule has 0 aliphatic carbocycles. The monoisotopic (exact) mass is 345 g/mol. The fourth-order valence-electron chi connectivity index (χ4n) is 1.84. The van der Waals surface area contributed by atoms with Crippen LogP contribution in [0.2, 0.25) is 0 Å². The molecule has 2 N–H and O–H groups in total. The van der Waals surface area contributed by atoms with Gasteiger partial charge in [-0.05, 0) is 34.5 Å². The number of piperazine rings is 1. The minimum atomic E-state index is -0.192. The van der Waals surface area contributed by atoms with Gasteiger partial charge in [0.2, 0.25) is 5.91 Å². The van der Waals surface area contributed by atoms with Crippen LogP contribution in [0.5, 0.6) is 0 Å². The van der Waals surface area contributed by atoms with Gasteiger partial charge in [0.05, 0.1) is 15.2 Å². The van der Waals surface area contributed by atoms with Crippen molar-refractivity contribution in [1.29, 1.82) is 0 Å². The number of amides is 2. The zero-order valence-electron chi connectivity index (χ0n) is 10.7. The van der Waals surface area contributed by atoms with E-state index in [0.717, 1.165) is 22.4 Å². The van der Waals surface area contributed by atoms with E-state index in [-0.39, 0.29) is 18.4 Å². The van der Waals surface area contributed by atoms with Crippen LogP contribution in [-0.2, 0) is 4.79 Å². The van der Waals surface area contributed by atoms with Gasteiger partial charge < -0.3 is 15.5 Å². The van der Waals surface area contributed by atoms with E-state index in [0.29, 0.717) is 18.0 Å². The number of hydrogen-bond donors (Lipinski definition) is 2. The van der Waals surface area contributed by atoms with Crippen LogP contribution in [0.4, 0.5) is 0 Å². The summed E-state index contributed by atoms with van der Waals surface area (Å²) in [4.78, 5) is 26.2. The Morgan fingerprint density at radius 2 is 2.16 bits per heavy atom. The molecule has 1 aliphatic rings. The molecule has 1 aliphatic heterocycles. The van der Waals surface area contributed by atoms with Gasteiger partial charge in [-0.2, -0.15) is 0 Å². The first-order valence-electron chi connectivity index (χ1n) is 6.10. The molecule has 0 unspecified atom stereocenters. The summed E-state index contributed by atoms with van der Waals surface area (Å²) in [5.41, 5.74) is 1.03. The lowest BCUT2D eigenvalue weighted by Crippen LogP contribution is -2.49. The molecule has 0 saturated carbocycles. The lowest BCUT2D eigenvalue weighted by atomic mass is 10.3. The van der Waals surface area contributed by atoms with Crippen LogP contribution in [0.25, 0.3) is 0 Å². The van der Waals surface area contributed by atoms with Gasteiger partial charge in [-0.15, -0.1) is 11.3 Å². The molecule has 1 saturated heterocycles. The van der Waals surface area contributed by atoms with Gasteiger partial charge in [-0.25, -0.2) is 0 Å². The van der Waals surface area contributed by atoms with Gasteiger partial charge in [0.1, 0.15) is 0 Å². The van der Waals surface area contributed by atoms with E-state index in [4.69, 9.17) is 0 Å². The molecule has 0 spiro atoms. The second-order valence-electron chi connectivity index (χ2n) is 4.38. The number of nitrogens with one attached hydrogen (secondary N) is 2. The molecule has 104 valence electrons. The SMILES string of the molecule is Cc1cc(C(=O)NCC(=O)N2CCNCC2)sc1Br. The van der Waals surface area contributed by atoms with Gasteiger partial charge in [0, 0.05) is 26.2 Å². The van der Waals surface area contributed by atoms with E-state index in [1.54, 1.807) is 4.90 Å². The number of halogens is 1. The smallest absolute Gasteiger partial charge is 0.261 e. The molecule has 0 atom stereocenters. The summed E-state index contributed by atoms with van der Waals surface area (Å²) in [5.74, 6) is -0.218. The molecule has 5 nitrogen and oxygen atoms in total. The van der Waals surface area contributed by atoms with Crippen molar-refractivity contribution in [1.82, 2.24) is 15.5 Å². The summed E-state index contributed by atoms with van der Waals surface area (Å²) in [5, 5.41) is 5.86. The number of carbonyl (C=O) groups is 2. The molecule has 1 aromatic rings. The third kappa shape index (κ3) is 3.77. The molecule has 0 radical (unpaired) electrons. The lowest BCUT2D eigenvalue weighted by molar-refractivity contribution is -0.130. The van der Waals surface area contributed by atoms with Crippen LogP contribution in [-0.4, -0.2) is 49.4 Å². The summed E-state index contributed by atoms with van der Waals surface area (Å²) in [6.45, 7) is 5.04. The summed E-state index contributed by atoms with van der Waals surface area (Å²) in [6, 6.07) is 1.82. The van der Waals surface area contributed by atoms with Gasteiger partial charge in [0.25, 0.3) is 5.91 Å². The highest BCUT2D eigenvalue weighted by atomic mass is 79.9. The molecule has 7 heteroatoms. The second kappa shape index (κ2) is 6.49. The van der Waals surface area contributed by atoms with Crippen LogP contribution in [0.1, 0.15) is 15.2 Å². The third-order valence-electron chi connectivity index (χ3n) is 2.95. The van der Waals surface area contributed by atoms with Gasteiger partial charge in [-0.3, -0.25) is 9.59 Å². The molecule has 1 aromatic heterocycles. The molecule has 19 heavy (non-hydrogen) atoms. The molecule has 2 rings (SSSR count). The molecular formula is C12H16BrN3O2S. The van der Waals surface area contributed by atoms with E-state index < -0.39 is 0 Å². The van der Waals surface area contributed by atoms with E-state index >= 15 is 0 Å². The lowest BCUT2D eigenvalue weighted by Gasteiger charge is -2.27. The first-order chi connectivity index (χ1) is 9.08. The largest absolute Gasteiger partial charge is 0.342 e. The predicted octanol–water partition coefficient (Wildman–Crippen LogP) is 0.981. The van der Waals surface area contributed by atoms with Crippen LogP contribution in [0.15, 0.2) is 9.85 Å². The van der Waals surface area contributed by atoms with Crippen molar-refractivity contribution in [2.75, 3.05) is 32.7 Å². The highest BCUT2D eigenvalue weighted by Gasteiger charge is 2.17. The summed E-state index contributed by atoms with van der Waals surface area (Å²) < 4.78 is 0.950. The number of aryl methyl sites for hydroxylation is 1. The average molecular weight is 346 g/mol. The van der Waals surface area contributed by atoms with Crippen molar-refractivity contribution in [3.63, 3.8) is 0 Å². The molecule has 2 heterocycles. The molecule has 1 fully saturated rings. The second-order valence-corrected chi connectivity index (χ2v) is 6.75. The van der Waals surface area contributed by atoms with Crippen molar-refractivity contribution < 1.29 is 9.59 Å². The number of carbonyl (C=O) groups excluding carboxylic acids is 2. The standard InChI is InChI=1S/C12H16BrN3O2S/c1-8-6-9(19-11(8)13)12(18)15-7-10(17)16-4-2-14-3-5-16/h6,14H,2-5,7H2,1H3,(H,15,18). The number of thiophene rings is 1. The highest BCUT2D eigenvalue weighted by Crippen LogP contribution is 2.27. The molecule has 0 aromatic carbocycles. The molecule has 0 bridgehead atoms. The maximum absolute atomic E-state index is 11.9. The zero-order valence-corrected chi connectivity index (χ0v) is 13.1. The predicted molar refractivity (Wildman–Crippen MR) is 78.5 cm³/mol. The number of hydrogen-bond acceptors (Lipinski definition) is 4. The van der Waals surface area contributed by atoms with Crippen LogP contribution >= 0.6 is 27.3 Å². The summed E-state index contributed by atoms with van der Waals surface area (Å²) in [6.07, 6.45) is 0. The minimum Gasteiger partial charge on any atom is -0.342 e. The normalized spacial score (nSPS) is 15.4. The van der Waals surface area contributed by atoms with Crippen molar-refractivity contribution >= 4 is 39.1 Å². The van der Waals surface area contributed by atoms with Crippen molar-refractivity contribution in [3.8, 4) is 0 Å². The maximum Gasteiger partial charge on any atom is 0.261 e. The first kappa shape index (κ1) is 14.5. The zero-order chi connectivity index (χ0) is 13.8. The number of rotatable bonds is 3. The maximum atomic E-state index is 11.9. The summed E-state index contributed by atoms with van der Waals surface area (Å²) >= 11 is 4.76. The van der Waals surface area contributed by atoms with Crippen molar-refractivity contribution in [2.24, 2.45) is 0 Å². The Morgan fingerprint density at radius 3 is 2.74 bits per heavy atom. The Hall–Kier alpha value is -0.920. The molecule has 2 amide bonds.